The summed E-state index contributed by atoms with van der Waals surface area (Å²) in [5.41, 5.74) is 2.34. The summed E-state index contributed by atoms with van der Waals surface area (Å²) in [5.74, 6) is 0.0324. The van der Waals surface area contributed by atoms with Gasteiger partial charge in [-0.15, -0.1) is 0 Å². The smallest absolute Gasteiger partial charge is 0.295 e. The molecule has 7 heteroatoms. The van der Waals surface area contributed by atoms with Gasteiger partial charge in [0, 0.05) is 18.5 Å². The number of fused-ring (bicyclic) bond motifs is 1. The molecule has 7 nitrogen and oxygen atoms in total. The molecule has 1 saturated heterocycles. The number of Topliss-reactive ketones (excluding diaryl/α,β-unsaturated/α-hetero) is 1. The highest BCUT2D eigenvalue weighted by atomic mass is 16.5. The Morgan fingerprint density at radius 3 is 2.59 bits per heavy atom. The van der Waals surface area contributed by atoms with Crippen LogP contribution in [0.15, 0.2) is 60.7 Å². The molecule has 2 aromatic carbocycles. The molecule has 0 aliphatic carbocycles. The highest BCUT2D eigenvalue weighted by Crippen LogP contribution is 2.41. The van der Waals surface area contributed by atoms with Gasteiger partial charge in [-0.05, 0) is 74.4 Å². The Bertz CT molecular complexity index is 1180. The molecule has 196 valence electrons. The van der Waals surface area contributed by atoms with Crippen molar-refractivity contribution >= 4 is 17.4 Å². The predicted octanol–water partition coefficient (Wildman–Crippen LogP) is 4.73. The quantitative estimate of drug-likeness (QED) is 0.206. The molecule has 37 heavy (non-hydrogen) atoms. The number of likely N-dealkylation sites (tertiary alicyclic amines) is 1. The lowest BCUT2D eigenvalue weighted by molar-refractivity contribution is -0.140. The summed E-state index contributed by atoms with van der Waals surface area (Å²) in [7, 11) is 0. The number of carbonyl (C=O) groups excluding carboxylic acids is 2. The number of carbonyl (C=O) groups is 2. The zero-order valence-corrected chi connectivity index (χ0v) is 21.9. The van der Waals surface area contributed by atoms with Crippen molar-refractivity contribution in [2.75, 3.05) is 32.8 Å². The number of benzene rings is 2. The summed E-state index contributed by atoms with van der Waals surface area (Å²) >= 11 is 0. The van der Waals surface area contributed by atoms with Gasteiger partial charge in [0.25, 0.3) is 11.7 Å². The van der Waals surface area contributed by atoms with E-state index < -0.39 is 17.7 Å². The summed E-state index contributed by atoms with van der Waals surface area (Å²) < 4.78 is 11.4. The second-order valence-corrected chi connectivity index (χ2v) is 9.50. The van der Waals surface area contributed by atoms with Crippen LogP contribution in [0.1, 0.15) is 49.9 Å². The molecule has 2 atom stereocenters. The third-order valence-electron chi connectivity index (χ3n) is 7.04. The molecule has 4 rings (SSSR count). The molecule has 1 amide bonds. The van der Waals surface area contributed by atoms with Gasteiger partial charge < -0.3 is 24.4 Å². The van der Waals surface area contributed by atoms with Crippen molar-refractivity contribution < 1.29 is 24.2 Å². The third kappa shape index (κ3) is 5.57. The van der Waals surface area contributed by atoms with Gasteiger partial charge in [0.1, 0.15) is 30.0 Å². The summed E-state index contributed by atoms with van der Waals surface area (Å²) in [6.45, 7) is 13.3. The molecular weight excluding hydrogens is 468 g/mol. The van der Waals surface area contributed by atoms with Gasteiger partial charge >= 0.3 is 0 Å². The molecular formula is C30H36N2O5. The van der Waals surface area contributed by atoms with Gasteiger partial charge in [0.05, 0.1) is 11.6 Å². The lowest BCUT2D eigenvalue weighted by Crippen LogP contribution is -2.33. The van der Waals surface area contributed by atoms with E-state index in [0.29, 0.717) is 24.5 Å². The summed E-state index contributed by atoms with van der Waals surface area (Å²) in [6, 6.07) is 12.0. The average Bonchev–Trinajstić information content (AvgIpc) is 3.40. The Hall–Kier alpha value is -3.58. The van der Waals surface area contributed by atoms with Crippen LogP contribution in [0.4, 0.5) is 0 Å². The van der Waals surface area contributed by atoms with E-state index in [1.807, 2.05) is 43.3 Å². The van der Waals surface area contributed by atoms with Gasteiger partial charge in [-0.1, -0.05) is 38.6 Å². The van der Waals surface area contributed by atoms with Gasteiger partial charge in [-0.25, -0.2) is 0 Å². The first-order valence-electron chi connectivity index (χ1n) is 13.0. The number of ether oxygens (including phenoxy) is 2. The fraction of sp³-hybridized carbons (Fsp3) is 0.400. The van der Waals surface area contributed by atoms with Crippen LogP contribution in [0, 0.1) is 0 Å². The van der Waals surface area contributed by atoms with Crippen LogP contribution < -0.4 is 9.47 Å². The van der Waals surface area contributed by atoms with E-state index in [1.165, 1.54) is 0 Å². The topological polar surface area (TPSA) is 79.3 Å². The Morgan fingerprint density at radius 2 is 1.92 bits per heavy atom. The fourth-order valence-electron chi connectivity index (χ4n) is 5.09. The fourth-order valence-corrected chi connectivity index (χ4v) is 5.09. The number of aliphatic hydroxyl groups is 1. The number of hydrogen-bond acceptors (Lipinski definition) is 6. The third-order valence-corrected chi connectivity index (χ3v) is 7.04. The predicted molar refractivity (Wildman–Crippen MR) is 144 cm³/mol. The standard InChI is InChI=1S/C30H36N2O5/c1-5-17-36-24-12-9-21(10-13-24)27-26(28(33)22-11-14-25-23(19-22)18-20(4)37-25)29(34)30(35)32(27)16-8-15-31(6-2)7-3/h5,9-14,19-20,27,33H,1,6-8,15-18H2,2-4H3/b28-26-. The number of rotatable bonds is 11. The molecule has 0 spiro atoms. The van der Waals surface area contributed by atoms with Crippen LogP contribution >= 0.6 is 0 Å². The number of ketones is 1. The van der Waals surface area contributed by atoms with Crippen LogP contribution in [0.25, 0.3) is 5.76 Å². The van der Waals surface area contributed by atoms with E-state index in [-0.39, 0.29) is 17.4 Å². The number of nitrogens with zero attached hydrogens (tertiary/aromatic N) is 2. The van der Waals surface area contributed by atoms with E-state index in [1.54, 1.807) is 17.0 Å². The molecule has 0 radical (unpaired) electrons. The van der Waals surface area contributed by atoms with Gasteiger partial charge in [-0.3, -0.25) is 9.59 Å². The zero-order valence-electron chi connectivity index (χ0n) is 21.9. The van der Waals surface area contributed by atoms with Crippen LogP contribution in [-0.4, -0.2) is 65.5 Å². The van der Waals surface area contributed by atoms with E-state index >= 15 is 0 Å². The molecule has 0 saturated carbocycles. The van der Waals surface area contributed by atoms with Crippen molar-refractivity contribution in [3.05, 3.63) is 77.4 Å². The maximum atomic E-state index is 13.3. The molecule has 1 fully saturated rings. The first kappa shape index (κ1) is 26.5. The first-order valence-corrected chi connectivity index (χ1v) is 13.0. The lowest BCUT2D eigenvalue weighted by atomic mass is 9.94. The number of aliphatic hydroxyl groups excluding tert-OH is 1. The Balaban J connectivity index is 1.71. The van der Waals surface area contributed by atoms with Gasteiger partial charge in [0.2, 0.25) is 0 Å². The van der Waals surface area contributed by atoms with Crippen LogP contribution in [0.3, 0.4) is 0 Å². The Kier molecular flexibility index (Phi) is 8.34. The molecule has 2 unspecified atom stereocenters. The summed E-state index contributed by atoms with van der Waals surface area (Å²) in [5, 5.41) is 11.4. The minimum atomic E-state index is -0.686. The van der Waals surface area contributed by atoms with Crippen LogP contribution in [-0.2, 0) is 16.0 Å². The van der Waals surface area contributed by atoms with Crippen molar-refractivity contribution in [3.8, 4) is 11.5 Å². The SMILES string of the molecule is C=CCOc1ccc(C2/C(=C(/O)c3ccc4c(c3)CC(C)O4)C(=O)C(=O)N2CCCN(CC)CC)cc1. The largest absolute Gasteiger partial charge is 0.507 e. The minimum absolute atomic E-state index is 0.0607. The van der Waals surface area contributed by atoms with E-state index in [0.717, 1.165) is 49.4 Å². The van der Waals surface area contributed by atoms with E-state index in [9.17, 15) is 14.7 Å². The molecule has 0 bridgehead atoms. The maximum Gasteiger partial charge on any atom is 0.295 e. The maximum absolute atomic E-state index is 13.3. The van der Waals surface area contributed by atoms with Crippen molar-refractivity contribution in [2.24, 2.45) is 0 Å². The normalized spacial score (nSPS) is 20.3. The van der Waals surface area contributed by atoms with Gasteiger partial charge in [-0.2, -0.15) is 0 Å². The Morgan fingerprint density at radius 1 is 1.19 bits per heavy atom. The number of amides is 1. The van der Waals surface area contributed by atoms with Crippen LogP contribution in [0.5, 0.6) is 11.5 Å². The highest BCUT2D eigenvalue weighted by molar-refractivity contribution is 6.46. The molecule has 2 heterocycles. The highest BCUT2D eigenvalue weighted by Gasteiger charge is 2.46. The zero-order chi connectivity index (χ0) is 26.5. The number of hydrogen-bond donors (Lipinski definition) is 1. The monoisotopic (exact) mass is 504 g/mol. The van der Waals surface area contributed by atoms with Crippen molar-refractivity contribution in [2.45, 2.75) is 45.8 Å². The molecule has 2 aliphatic heterocycles. The summed E-state index contributed by atoms with van der Waals surface area (Å²) in [6.07, 6.45) is 3.18. The first-order chi connectivity index (χ1) is 17.9. The van der Waals surface area contributed by atoms with E-state index in [4.69, 9.17) is 9.47 Å². The average molecular weight is 505 g/mol. The van der Waals surface area contributed by atoms with Crippen molar-refractivity contribution in [3.63, 3.8) is 0 Å². The lowest BCUT2D eigenvalue weighted by Gasteiger charge is -2.27. The second kappa shape index (κ2) is 11.6. The van der Waals surface area contributed by atoms with Crippen LogP contribution in [0.2, 0.25) is 0 Å². The second-order valence-electron chi connectivity index (χ2n) is 9.50. The minimum Gasteiger partial charge on any atom is -0.507 e. The molecule has 0 aromatic heterocycles. The summed E-state index contributed by atoms with van der Waals surface area (Å²) in [4.78, 5) is 30.5. The van der Waals surface area contributed by atoms with Crippen molar-refractivity contribution in [1.82, 2.24) is 9.80 Å². The van der Waals surface area contributed by atoms with Gasteiger partial charge in [0.15, 0.2) is 0 Å². The van der Waals surface area contributed by atoms with Crippen molar-refractivity contribution in [1.29, 1.82) is 0 Å². The Labute approximate surface area is 219 Å². The molecule has 2 aliphatic rings. The van der Waals surface area contributed by atoms with E-state index in [2.05, 4.69) is 25.3 Å². The molecule has 2 aromatic rings. The molecule has 1 N–H and O–H groups in total.